The van der Waals surface area contributed by atoms with E-state index in [1.165, 1.54) is 4.88 Å². The monoisotopic (exact) mass is 349 g/mol. The first-order valence-corrected chi connectivity index (χ1v) is 8.44. The SMILES string of the molecule is Cc1ccc(C(=O)N2CCCC2c2cccs2)c(Br)c1. The maximum Gasteiger partial charge on any atom is 0.255 e. The van der Waals surface area contributed by atoms with Gasteiger partial charge in [-0.1, -0.05) is 12.1 Å². The van der Waals surface area contributed by atoms with Gasteiger partial charge in [-0.2, -0.15) is 0 Å². The number of aryl methyl sites for hydroxylation is 1. The molecule has 1 saturated heterocycles. The molecule has 2 nitrogen and oxygen atoms in total. The highest BCUT2D eigenvalue weighted by molar-refractivity contribution is 9.10. The number of nitrogens with zero attached hydrogens (tertiary/aromatic N) is 1. The van der Waals surface area contributed by atoms with E-state index in [2.05, 4.69) is 33.4 Å². The van der Waals surface area contributed by atoms with Crippen LogP contribution >= 0.6 is 27.3 Å². The Bertz CT molecular complexity index is 623. The van der Waals surface area contributed by atoms with Gasteiger partial charge in [0.05, 0.1) is 11.6 Å². The molecular formula is C16H16BrNOS. The highest BCUT2D eigenvalue weighted by Crippen LogP contribution is 2.36. The normalized spacial score (nSPS) is 18.5. The topological polar surface area (TPSA) is 20.3 Å². The molecule has 104 valence electrons. The second-order valence-electron chi connectivity index (χ2n) is 5.16. The summed E-state index contributed by atoms with van der Waals surface area (Å²) in [6.07, 6.45) is 2.15. The van der Waals surface area contributed by atoms with E-state index in [0.717, 1.165) is 35.0 Å². The first-order valence-electron chi connectivity index (χ1n) is 6.77. The number of benzene rings is 1. The molecule has 0 radical (unpaired) electrons. The molecular weight excluding hydrogens is 334 g/mol. The predicted molar refractivity (Wildman–Crippen MR) is 86.2 cm³/mol. The fourth-order valence-corrected chi connectivity index (χ4v) is 4.27. The largest absolute Gasteiger partial charge is 0.331 e. The molecule has 0 saturated carbocycles. The van der Waals surface area contributed by atoms with Gasteiger partial charge in [-0.3, -0.25) is 4.79 Å². The lowest BCUT2D eigenvalue weighted by Crippen LogP contribution is -2.30. The lowest BCUT2D eigenvalue weighted by Gasteiger charge is -2.24. The lowest BCUT2D eigenvalue weighted by molar-refractivity contribution is 0.0737. The molecule has 4 heteroatoms. The molecule has 1 atom stereocenters. The van der Waals surface area contributed by atoms with Crippen molar-refractivity contribution < 1.29 is 4.79 Å². The number of hydrogen-bond donors (Lipinski definition) is 0. The zero-order valence-corrected chi connectivity index (χ0v) is 13.7. The van der Waals surface area contributed by atoms with E-state index in [4.69, 9.17) is 0 Å². The number of halogens is 1. The van der Waals surface area contributed by atoms with Crippen molar-refractivity contribution in [1.82, 2.24) is 4.90 Å². The van der Waals surface area contributed by atoms with Crippen LogP contribution in [-0.4, -0.2) is 17.4 Å². The Kier molecular flexibility index (Phi) is 3.94. The molecule has 2 heterocycles. The number of carbonyl (C=O) groups excluding carboxylic acids is 1. The average molecular weight is 350 g/mol. The molecule has 1 unspecified atom stereocenters. The van der Waals surface area contributed by atoms with Crippen LogP contribution in [0.15, 0.2) is 40.2 Å². The van der Waals surface area contributed by atoms with Crippen LogP contribution < -0.4 is 0 Å². The van der Waals surface area contributed by atoms with Gasteiger partial charge in [0.2, 0.25) is 0 Å². The second kappa shape index (κ2) is 5.70. The molecule has 1 aromatic carbocycles. The lowest BCUT2D eigenvalue weighted by atomic mass is 10.1. The van der Waals surface area contributed by atoms with Gasteiger partial charge in [0, 0.05) is 15.9 Å². The first-order chi connectivity index (χ1) is 9.66. The molecule has 1 aromatic heterocycles. The van der Waals surface area contributed by atoms with E-state index in [1.54, 1.807) is 11.3 Å². The molecule has 2 aromatic rings. The van der Waals surface area contributed by atoms with Gasteiger partial charge in [0.25, 0.3) is 5.91 Å². The van der Waals surface area contributed by atoms with Crippen LogP contribution in [0.1, 0.15) is 39.7 Å². The van der Waals surface area contributed by atoms with Crippen molar-refractivity contribution in [2.45, 2.75) is 25.8 Å². The van der Waals surface area contributed by atoms with Gasteiger partial charge >= 0.3 is 0 Å². The predicted octanol–water partition coefficient (Wildman–Crippen LogP) is 4.80. The molecule has 3 rings (SSSR count). The molecule has 0 N–H and O–H groups in total. The Hall–Kier alpha value is -1.13. The number of carbonyl (C=O) groups is 1. The van der Waals surface area contributed by atoms with Crippen LogP contribution in [0, 0.1) is 6.92 Å². The van der Waals surface area contributed by atoms with Crippen LogP contribution in [0.2, 0.25) is 0 Å². The van der Waals surface area contributed by atoms with E-state index in [-0.39, 0.29) is 11.9 Å². The quantitative estimate of drug-likeness (QED) is 0.762. The number of amides is 1. The summed E-state index contributed by atoms with van der Waals surface area (Å²) in [4.78, 5) is 16.1. The molecule has 1 amide bonds. The summed E-state index contributed by atoms with van der Waals surface area (Å²) in [6.45, 7) is 2.88. The van der Waals surface area contributed by atoms with Crippen molar-refractivity contribution in [2.24, 2.45) is 0 Å². The molecule has 1 aliphatic heterocycles. The van der Waals surface area contributed by atoms with E-state index >= 15 is 0 Å². The van der Waals surface area contributed by atoms with Gasteiger partial charge in [-0.15, -0.1) is 11.3 Å². The molecule has 0 bridgehead atoms. The maximum absolute atomic E-state index is 12.8. The minimum absolute atomic E-state index is 0.132. The van der Waals surface area contributed by atoms with Crippen molar-refractivity contribution in [2.75, 3.05) is 6.54 Å². The smallest absolute Gasteiger partial charge is 0.255 e. The summed E-state index contributed by atoms with van der Waals surface area (Å²) < 4.78 is 0.888. The Morgan fingerprint density at radius 1 is 1.40 bits per heavy atom. The number of rotatable bonds is 2. The minimum atomic E-state index is 0.132. The number of hydrogen-bond acceptors (Lipinski definition) is 2. The molecule has 1 aliphatic rings. The minimum Gasteiger partial charge on any atom is -0.331 e. The summed E-state index contributed by atoms with van der Waals surface area (Å²) in [5.41, 5.74) is 1.92. The average Bonchev–Trinajstić information content (AvgIpc) is 3.09. The summed E-state index contributed by atoms with van der Waals surface area (Å²) in [5.74, 6) is 0.132. The maximum atomic E-state index is 12.8. The summed E-state index contributed by atoms with van der Waals surface area (Å²) in [5, 5.41) is 2.08. The van der Waals surface area contributed by atoms with Crippen LogP contribution in [0.3, 0.4) is 0 Å². The van der Waals surface area contributed by atoms with E-state index < -0.39 is 0 Å². The number of likely N-dealkylation sites (tertiary alicyclic amines) is 1. The third-order valence-corrected chi connectivity index (χ3v) is 5.37. The highest BCUT2D eigenvalue weighted by atomic mass is 79.9. The van der Waals surface area contributed by atoms with Crippen molar-refractivity contribution in [1.29, 1.82) is 0 Å². The summed E-state index contributed by atoms with van der Waals surface area (Å²) >= 11 is 5.26. The Balaban J connectivity index is 1.89. The van der Waals surface area contributed by atoms with Gasteiger partial charge < -0.3 is 4.90 Å². The van der Waals surface area contributed by atoms with Gasteiger partial charge in [0.15, 0.2) is 0 Å². The fourth-order valence-electron chi connectivity index (χ4n) is 2.73. The Morgan fingerprint density at radius 3 is 2.95 bits per heavy atom. The van der Waals surface area contributed by atoms with Gasteiger partial charge in [-0.25, -0.2) is 0 Å². The molecule has 1 fully saturated rings. The van der Waals surface area contributed by atoms with Crippen LogP contribution in [0.25, 0.3) is 0 Å². The van der Waals surface area contributed by atoms with Crippen LogP contribution in [0.5, 0.6) is 0 Å². The van der Waals surface area contributed by atoms with Crippen molar-refractivity contribution in [3.63, 3.8) is 0 Å². The van der Waals surface area contributed by atoms with E-state index in [1.807, 2.05) is 30.0 Å². The molecule has 20 heavy (non-hydrogen) atoms. The Morgan fingerprint density at radius 2 is 2.25 bits per heavy atom. The summed E-state index contributed by atoms with van der Waals surface area (Å²) in [6, 6.07) is 10.4. The van der Waals surface area contributed by atoms with E-state index in [0.29, 0.717) is 0 Å². The zero-order chi connectivity index (χ0) is 14.1. The van der Waals surface area contributed by atoms with E-state index in [9.17, 15) is 4.79 Å². The van der Waals surface area contributed by atoms with Gasteiger partial charge in [0.1, 0.15) is 0 Å². The van der Waals surface area contributed by atoms with Gasteiger partial charge in [-0.05, 0) is 64.8 Å². The third kappa shape index (κ3) is 2.54. The summed E-state index contributed by atoms with van der Waals surface area (Å²) in [7, 11) is 0. The Labute approximate surface area is 131 Å². The van der Waals surface area contributed by atoms with Crippen molar-refractivity contribution in [3.8, 4) is 0 Å². The number of thiophene rings is 1. The van der Waals surface area contributed by atoms with Crippen LogP contribution in [-0.2, 0) is 0 Å². The molecule has 0 spiro atoms. The molecule has 0 aliphatic carbocycles. The van der Waals surface area contributed by atoms with Crippen LogP contribution in [0.4, 0.5) is 0 Å². The van der Waals surface area contributed by atoms with Crippen molar-refractivity contribution >= 4 is 33.2 Å². The third-order valence-electron chi connectivity index (χ3n) is 3.74. The second-order valence-corrected chi connectivity index (χ2v) is 6.99. The zero-order valence-electron chi connectivity index (χ0n) is 11.3. The fraction of sp³-hybridized carbons (Fsp3) is 0.312. The highest BCUT2D eigenvalue weighted by Gasteiger charge is 2.31. The standard InChI is InChI=1S/C16H16BrNOS/c1-11-6-7-12(13(17)10-11)16(19)18-8-2-4-14(18)15-5-3-9-20-15/h3,5-7,9-10,14H,2,4,8H2,1H3. The van der Waals surface area contributed by atoms with Crippen molar-refractivity contribution in [3.05, 3.63) is 56.2 Å². The first kappa shape index (κ1) is 13.8.